The van der Waals surface area contributed by atoms with Crippen molar-refractivity contribution < 1.29 is 9.59 Å². The molecule has 1 unspecified atom stereocenters. The first-order valence-corrected chi connectivity index (χ1v) is 6.18. The van der Waals surface area contributed by atoms with E-state index in [1.807, 2.05) is 0 Å². The third-order valence-corrected chi connectivity index (χ3v) is 3.11. The van der Waals surface area contributed by atoms with Crippen molar-refractivity contribution in [2.75, 3.05) is 12.0 Å². The number of carbonyl (C=O) groups is 2. The zero-order valence-electron chi connectivity index (χ0n) is 10.1. The smallest absolute Gasteiger partial charge is 0.271 e. The van der Waals surface area contributed by atoms with E-state index in [2.05, 4.69) is 21.0 Å². The normalized spacial score (nSPS) is 18.0. The first-order chi connectivity index (χ1) is 9.10. The molecule has 1 aromatic rings. The maximum Gasteiger partial charge on any atom is 0.271 e. The van der Waals surface area contributed by atoms with Gasteiger partial charge in [-0.15, -0.1) is 0 Å². The number of nitrogens with one attached hydrogen (secondary N) is 3. The third kappa shape index (κ3) is 3.33. The van der Waals surface area contributed by atoms with Crippen LogP contribution in [0.1, 0.15) is 23.3 Å². The molecule has 8 heteroatoms. The van der Waals surface area contributed by atoms with Crippen LogP contribution in [0.3, 0.4) is 0 Å². The van der Waals surface area contributed by atoms with Gasteiger partial charge in [0.15, 0.2) is 0 Å². The van der Waals surface area contributed by atoms with Gasteiger partial charge in [-0.25, -0.2) is 10.8 Å². The number of amides is 2. The lowest BCUT2D eigenvalue weighted by Gasteiger charge is -2.12. The zero-order chi connectivity index (χ0) is 13.8. The van der Waals surface area contributed by atoms with Gasteiger partial charge in [0.2, 0.25) is 5.91 Å². The van der Waals surface area contributed by atoms with E-state index in [0.717, 1.165) is 0 Å². The average Bonchev–Trinajstić information content (AvgIpc) is 2.82. The summed E-state index contributed by atoms with van der Waals surface area (Å²) >= 11 is 5.90. The largest absolute Gasteiger partial charge is 0.352 e. The Bertz CT molecular complexity index is 508. The maximum atomic E-state index is 11.9. The summed E-state index contributed by atoms with van der Waals surface area (Å²) in [5.41, 5.74) is 2.44. The number of hydrazine groups is 1. The van der Waals surface area contributed by atoms with E-state index in [9.17, 15) is 9.59 Å². The summed E-state index contributed by atoms with van der Waals surface area (Å²) < 4.78 is 0. The number of nitrogen functional groups attached to an aromatic ring is 1. The van der Waals surface area contributed by atoms with Gasteiger partial charge >= 0.3 is 0 Å². The number of nitrogens with two attached hydrogens (primary N) is 1. The van der Waals surface area contributed by atoms with Crippen molar-refractivity contribution in [1.82, 2.24) is 15.6 Å². The minimum atomic E-state index is -0.400. The highest BCUT2D eigenvalue weighted by Gasteiger charge is 2.22. The highest BCUT2D eigenvalue weighted by atomic mass is 35.5. The molecule has 1 saturated heterocycles. The molecule has 2 heterocycles. The van der Waals surface area contributed by atoms with Crippen LogP contribution >= 0.6 is 11.6 Å². The van der Waals surface area contributed by atoms with Crippen molar-refractivity contribution in [1.29, 1.82) is 0 Å². The predicted molar refractivity (Wildman–Crippen MR) is 70.6 cm³/mol. The molecule has 2 rings (SSSR count). The van der Waals surface area contributed by atoms with E-state index >= 15 is 0 Å². The SMILES string of the molecule is NNc1ccc(Cl)c(C(=O)NCC2CCC(=O)N2)n1. The summed E-state index contributed by atoms with van der Waals surface area (Å²) in [6.45, 7) is 0.350. The minimum absolute atomic E-state index is 0.00438. The Hall–Kier alpha value is -1.86. The molecule has 0 saturated carbocycles. The average molecular weight is 284 g/mol. The van der Waals surface area contributed by atoms with Crippen molar-refractivity contribution in [3.8, 4) is 0 Å². The lowest BCUT2D eigenvalue weighted by molar-refractivity contribution is -0.119. The zero-order valence-corrected chi connectivity index (χ0v) is 10.8. The fourth-order valence-corrected chi connectivity index (χ4v) is 2.00. The summed E-state index contributed by atoms with van der Waals surface area (Å²) in [4.78, 5) is 26.9. The van der Waals surface area contributed by atoms with Crippen LogP contribution in [0.5, 0.6) is 0 Å². The van der Waals surface area contributed by atoms with E-state index in [0.29, 0.717) is 25.2 Å². The van der Waals surface area contributed by atoms with E-state index in [1.54, 1.807) is 6.07 Å². The van der Waals surface area contributed by atoms with Crippen LogP contribution in [-0.4, -0.2) is 29.4 Å². The molecule has 1 aliphatic heterocycles. The number of hydrogen-bond acceptors (Lipinski definition) is 5. The fraction of sp³-hybridized carbons (Fsp3) is 0.364. The van der Waals surface area contributed by atoms with Gasteiger partial charge in [-0.05, 0) is 18.6 Å². The van der Waals surface area contributed by atoms with Crippen molar-refractivity contribution in [2.45, 2.75) is 18.9 Å². The fourth-order valence-electron chi connectivity index (χ4n) is 1.81. The highest BCUT2D eigenvalue weighted by Crippen LogP contribution is 2.16. The van der Waals surface area contributed by atoms with Crippen LogP contribution in [0.25, 0.3) is 0 Å². The van der Waals surface area contributed by atoms with Crippen molar-refractivity contribution >= 4 is 29.2 Å². The van der Waals surface area contributed by atoms with Gasteiger partial charge in [-0.3, -0.25) is 9.59 Å². The summed E-state index contributed by atoms with van der Waals surface area (Å²) in [6.07, 6.45) is 1.21. The number of anilines is 1. The Balaban J connectivity index is 1.97. The third-order valence-electron chi connectivity index (χ3n) is 2.80. The lowest BCUT2D eigenvalue weighted by Crippen LogP contribution is -2.38. The van der Waals surface area contributed by atoms with Crippen molar-refractivity contribution in [3.05, 3.63) is 22.8 Å². The number of carbonyl (C=O) groups excluding carboxylic acids is 2. The Morgan fingerprint density at radius 1 is 1.58 bits per heavy atom. The molecule has 2 amide bonds. The van der Waals surface area contributed by atoms with Gasteiger partial charge in [0, 0.05) is 19.0 Å². The highest BCUT2D eigenvalue weighted by molar-refractivity contribution is 6.33. The van der Waals surface area contributed by atoms with E-state index in [4.69, 9.17) is 17.4 Å². The van der Waals surface area contributed by atoms with Crippen LogP contribution in [0.4, 0.5) is 5.82 Å². The number of rotatable bonds is 4. The van der Waals surface area contributed by atoms with Crippen molar-refractivity contribution in [2.24, 2.45) is 5.84 Å². The molecular weight excluding hydrogens is 270 g/mol. The predicted octanol–water partition coefficient (Wildman–Crippen LogP) is 0.0290. The Labute approximate surface area is 114 Å². The molecule has 7 nitrogen and oxygen atoms in total. The molecule has 1 fully saturated rings. The molecule has 102 valence electrons. The topological polar surface area (TPSA) is 109 Å². The van der Waals surface area contributed by atoms with E-state index in [1.165, 1.54) is 6.07 Å². The molecule has 0 radical (unpaired) electrons. The van der Waals surface area contributed by atoms with Gasteiger partial charge in [0.25, 0.3) is 5.91 Å². The monoisotopic (exact) mass is 283 g/mol. The molecule has 1 atom stereocenters. The Morgan fingerprint density at radius 2 is 2.37 bits per heavy atom. The quantitative estimate of drug-likeness (QED) is 0.460. The summed E-state index contributed by atoms with van der Waals surface area (Å²) in [6, 6.07) is 3.07. The minimum Gasteiger partial charge on any atom is -0.352 e. The van der Waals surface area contributed by atoms with E-state index in [-0.39, 0.29) is 22.7 Å². The van der Waals surface area contributed by atoms with Crippen molar-refractivity contribution in [3.63, 3.8) is 0 Å². The number of pyridine rings is 1. The van der Waals surface area contributed by atoms with Crippen LogP contribution < -0.4 is 21.9 Å². The second kappa shape index (κ2) is 5.85. The number of hydrogen-bond donors (Lipinski definition) is 4. The lowest BCUT2D eigenvalue weighted by atomic mass is 10.2. The van der Waals surface area contributed by atoms with Crippen LogP contribution in [0.15, 0.2) is 12.1 Å². The van der Waals surface area contributed by atoms with Crippen LogP contribution in [-0.2, 0) is 4.79 Å². The summed E-state index contributed by atoms with van der Waals surface area (Å²) in [5, 5.41) is 5.69. The second-order valence-corrected chi connectivity index (χ2v) is 4.59. The first-order valence-electron chi connectivity index (χ1n) is 5.81. The Kier molecular flexibility index (Phi) is 4.18. The van der Waals surface area contributed by atoms with Gasteiger partial charge < -0.3 is 16.1 Å². The van der Waals surface area contributed by atoms with Crippen LogP contribution in [0, 0.1) is 0 Å². The summed E-state index contributed by atoms with van der Waals surface area (Å²) in [7, 11) is 0. The molecule has 5 N–H and O–H groups in total. The second-order valence-electron chi connectivity index (χ2n) is 4.18. The van der Waals surface area contributed by atoms with Gasteiger partial charge in [-0.1, -0.05) is 11.6 Å². The number of nitrogens with zero attached hydrogens (tertiary/aromatic N) is 1. The molecule has 0 aliphatic carbocycles. The summed E-state index contributed by atoms with van der Waals surface area (Å²) in [5.74, 6) is 5.18. The van der Waals surface area contributed by atoms with Gasteiger partial charge in [0.05, 0.1) is 5.02 Å². The first kappa shape index (κ1) is 13.6. The maximum absolute atomic E-state index is 11.9. The number of aromatic nitrogens is 1. The molecule has 19 heavy (non-hydrogen) atoms. The molecular formula is C11H14ClN5O2. The van der Waals surface area contributed by atoms with Crippen LogP contribution in [0.2, 0.25) is 5.02 Å². The molecule has 1 aromatic heterocycles. The standard InChI is InChI=1S/C11H14ClN5O2/c12-7-2-3-8(17-13)16-10(7)11(19)14-5-6-1-4-9(18)15-6/h2-3,6H,1,4-5,13H2,(H,14,19)(H,15,18)(H,16,17). The number of halogens is 1. The molecule has 1 aliphatic rings. The van der Waals surface area contributed by atoms with E-state index < -0.39 is 5.91 Å². The molecule has 0 bridgehead atoms. The molecule has 0 spiro atoms. The molecule has 0 aromatic carbocycles. The van der Waals surface area contributed by atoms with Gasteiger partial charge in [-0.2, -0.15) is 0 Å². The Morgan fingerprint density at radius 3 is 3.00 bits per heavy atom. The van der Waals surface area contributed by atoms with Gasteiger partial charge in [0.1, 0.15) is 11.5 Å².